The molecule has 0 unspecified atom stereocenters. The number of aromatic nitrogens is 1. The lowest BCUT2D eigenvalue weighted by molar-refractivity contribution is -0.123. The fourth-order valence-electron chi connectivity index (χ4n) is 3.62. The van der Waals surface area contributed by atoms with E-state index >= 15 is 0 Å². The average Bonchev–Trinajstić information content (AvgIpc) is 3.26. The van der Waals surface area contributed by atoms with E-state index in [4.69, 9.17) is 0 Å². The van der Waals surface area contributed by atoms with E-state index < -0.39 is 24.2 Å². The molecule has 1 aliphatic carbocycles. The minimum Gasteiger partial charge on any atom is -0.342 e. The first-order chi connectivity index (χ1) is 13.0. The van der Waals surface area contributed by atoms with E-state index in [9.17, 15) is 13.6 Å². The summed E-state index contributed by atoms with van der Waals surface area (Å²) in [6.45, 7) is 2.20. The third kappa shape index (κ3) is 3.72. The number of nitrogens with one attached hydrogen (secondary N) is 2. The molecular formula is C21H23F2N3O. The third-order valence-electron chi connectivity index (χ3n) is 5.63. The van der Waals surface area contributed by atoms with Crippen LogP contribution in [0.25, 0.3) is 0 Å². The van der Waals surface area contributed by atoms with Crippen molar-refractivity contribution in [1.82, 2.24) is 15.6 Å². The summed E-state index contributed by atoms with van der Waals surface area (Å²) in [7, 11) is 0. The van der Waals surface area contributed by atoms with Crippen molar-refractivity contribution < 1.29 is 13.6 Å². The number of amides is 1. The molecule has 4 nitrogen and oxygen atoms in total. The second-order valence-corrected chi connectivity index (χ2v) is 7.78. The highest BCUT2D eigenvalue weighted by molar-refractivity contribution is 5.83. The van der Waals surface area contributed by atoms with E-state index in [2.05, 4.69) is 15.6 Å². The molecule has 2 aromatic rings. The summed E-state index contributed by atoms with van der Waals surface area (Å²) in [6.07, 6.45) is 1.04. The zero-order valence-corrected chi connectivity index (χ0v) is 15.2. The zero-order valence-electron chi connectivity index (χ0n) is 15.2. The van der Waals surface area contributed by atoms with Crippen molar-refractivity contribution in [3.05, 3.63) is 65.2 Å². The molecule has 27 heavy (non-hydrogen) atoms. The zero-order chi connectivity index (χ0) is 19.0. The van der Waals surface area contributed by atoms with Gasteiger partial charge in [0.05, 0.1) is 17.8 Å². The molecule has 1 aromatic carbocycles. The molecule has 2 aliphatic rings. The van der Waals surface area contributed by atoms with Gasteiger partial charge in [-0.1, -0.05) is 43.3 Å². The van der Waals surface area contributed by atoms with Gasteiger partial charge in [-0.3, -0.25) is 4.79 Å². The number of hydrogen-bond acceptors (Lipinski definition) is 3. The molecule has 0 bridgehead atoms. The Labute approximate surface area is 157 Å². The Hall–Kier alpha value is -2.34. The van der Waals surface area contributed by atoms with Crippen LogP contribution in [0.15, 0.2) is 42.5 Å². The molecule has 1 aliphatic heterocycles. The van der Waals surface area contributed by atoms with Crippen molar-refractivity contribution in [2.24, 2.45) is 0 Å². The minimum absolute atomic E-state index is 0.120. The van der Waals surface area contributed by atoms with Gasteiger partial charge < -0.3 is 10.6 Å². The number of carbonyl (C=O) groups excluding carboxylic acids is 1. The Kier molecular flexibility index (Phi) is 4.68. The van der Waals surface area contributed by atoms with Gasteiger partial charge in [0.25, 0.3) is 0 Å². The smallest absolute Gasteiger partial charge is 0.238 e. The van der Waals surface area contributed by atoms with Gasteiger partial charge in [0, 0.05) is 18.5 Å². The van der Waals surface area contributed by atoms with Crippen molar-refractivity contribution in [3.8, 4) is 0 Å². The maximum absolute atomic E-state index is 14.7. The molecule has 3 atom stereocenters. The molecule has 0 spiro atoms. The van der Waals surface area contributed by atoms with Gasteiger partial charge in [-0.2, -0.15) is 4.39 Å². The molecule has 0 radical (unpaired) electrons. The van der Waals surface area contributed by atoms with Crippen LogP contribution in [-0.4, -0.2) is 29.6 Å². The molecule has 1 aromatic heterocycles. The molecule has 1 saturated heterocycles. The fraction of sp³-hybridized carbons (Fsp3) is 0.429. The predicted octanol–water partition coefficient (Wildman–Crippen LogP) is 3.18. The maximum atomic E-state index is 14.7. The Morgan fingerprint density at radius 2 is 2.00 bits per heavy atom. The lowest BCUT2D eigenvalue weighted by Gasteiger charge is -2.22. The van der Waals surface area contributed by atoms with E-state index in [0.717, 1.165) is 18.4 Å². The molecule has 2 fully saturated rings. The summed E-state index contributed by atoms with van der Waals surface area (Å²) in [5.74, 6) is -0.782. The molecular weight excluding hydrogens is 348 g/mol. The third-order valence-corrected chi connectivity index (χ3v) is 5.63. The van der Waals surface area contributed by atoms with Crippen molar-refractivity contribution in [3.63, 3.8) is 0 Å². The lowest BCUT2D eigenvalue weighted by atomic mass is 9.97. The summed E-state index contributed by atoms with van der Waals surface area (Å²) >= 11 is 0. The fourth-order valence-corrected chi connectivity index (χ4v) is 3.62. The second kappa shape index (κ2) is 7.00. The number of benzene rings is 1. The van der Waals surface area contributed by atoms with E-state index in [0.29, 0.717) is 11.3 Å². The van der Waals surface area contributed by atoms with Crippen molar-refractivity contribution in [2.75, 3.05) is 6.54 Å². The van der Waals surface area contributed by atoms with Gasteiger partial charge in [0.1, 0.15) is 6.17 Å². The number of hydrogen-bond donors (Lipinski definition) is 2. The van der Waals surface area contributed by atoms with Gasteiger partial charge >= 0.3 is 0 Å². The van der Waals surface area contributed by atoms with Gasteiger partial charge in [-0.25, -0.2) is 9.37 Å². The maximum Gasteiger partial charge on any atom is 0.238 e. The van der Waals surface area contributed by atoms with Crippen LogP contribution in [0.2, 0.25) is 0 Å². The Bertz CT molecular complexity index is 839. The Morgan fingerprint density at radius 3 is 2.59 bits per heavy atom. The summed E-state index contributed by atoms with van der Waals surface area (Å²) in [4.78, 5) is 16.8. The molecule has 142 valence electrons. The number of alkyl halides is 1. The Morgan fingerprint density at radius 1 is 1.26 bits per heavy atom. The van der Waals surface area contributed by atoms with Crippen molar-refractivity contribution in [2.45, 2.75) is 49.9 Å². The molecule has 2 N–H and O–H groups in total. The van der Waals surface area contributed by atoms with Gasteiger partial charge in [-0.15, -0.1) is 0 Å². The van der Waals surface area contributed by atoms with E-state index in [-0.39, 0.29) is 24.3 Å². The van der Waals surface area contributed by atoms with Crippen LogP contribution in [0, 0.1) is 5.95 Å². The van der Waals surface area contributed by atoms with E-state index in [1.165, 1.54) is 0 Å². The number of pyridine rings is 1. The highest BCUT2D eigenvalue weighted by Gasteiger charge is 2.41. The van der Waals surface area contributed by atoms with Crippen LogP contribution < -0.4 is 10.6 Å². The number of carbonyl (C=O) groups is 1. The predicted molar refractivity (Wildman–Crippen MR) is 98.5 cm³/mol. The normalized spacial score (nSPS) is 24.4. The van der Waals surface area contributed by atoms with E-state index in [1.54, 1.807) is 12.1 Å². The lowest BCUT2D eigenvalue weighted by Crippen LogP contribution is -2.42. The average molecular weight is 371 g/mol. The molecule has 2 heterocycles. The first-order valence-corrected chi connectivity index (χ1v) is 9.36. The number of nitrogens with zero attached hydrogens (tertiary/aromatic N) is 1. The van der Waals surface area contributed by atoms with Crippen molar-refractivity contribution >= 4 is 5.91 Å². The number of rotatable bonds is 5. The molecule has 4 rings (SSSR count). The highest BCUT2D eigenvalue weighted by Crippen LogP contribution is 2.48. The first-order valence-electron chi connectivity index (χ1n) is 9.36. The quantitative estimate of drug-likeness (QED) is 0.794. The summed E-state index contributed by atoms with van der Waals surface area (Å²) in [6, 6.07) is 11.7. The van der Waals surface area contributed by atoms with Crippen LogP contribution in [0.1, 0.15) is 49.0 Å². The van der Waals surface area contributed by atoms with Crippen molar-refractivity contribution in [1.29, 1.82) is 0 Å². The van der Waals surface area contributed by atoms with Crippen LogP contribution in [-0.2, 0) is 10.2 Å². The number of halogens is 2. The SMILES string of the molecule is CC1(c2ccc([C@H](NC(=O)[C@@H]3C[C@@H](F)CN3)c3ccccc3)nc2F)CC1. The summed E-state index contributed by atoms with van der Waals surface area (Å²) in [5.41, 5.74) is 1.75. The largest absolute Gasteiger partial charge is 0.342 e. The Balaban J connectivity index is 1.62. The van der Waals surface area contributed by atoms with Gasteiger partial charge in [0.15, 0.2) is 0 Å². The van der Waals surface area contributed by atoms with Crippen LogP contribution >= 0.6 is 0 Å². The van der Waals surface area contributed by atoms with Crippen LogP contribution in [0.5, 0.6) is 0 Å². The second-order valence-electron chi connectivity index (χ2n) is 7.78. The van der Waals surface area contributed by atoms with Gasteiger partial charge in [-0.05, 0) is 29.9 Å². The van der Waals surface area contributed by atoms with E-state index in [1.807, 2.05) is 37.3 Å². The summed E-state index contributed by atoms with van der Waals surface area (Å²) in [5, 5.41) is 5.80. The minimum atomic E-state index is -1.02. The standard InChI is InChI=1S/C21H23F2N3O/c1-21(9-10-21)15-7-8-16(25-19(15)23)18(13-5-3-2-4-6-13)26-20(27)17-11-14(22)12-24-17/h2-8,14,17-18,24H,9-12H2,1H3,(H,26,27)/t14-,17+,18-/m1/s1. The van der Waals surface area contributed by atoms with Gasteiger partial charge in [0.2, 0.25) is 11.9 Å². The van der Waals surface area contributed by atoms with Crippen LogP contribution in [0.4, 0.5) is 8.78 Å². The summed E-state index contributed by atoms with van der Waals surface area (Å²) < 4.78 is 28.1. The highest BCUT2D eigenvalue weighted by atomic mass is 19.1. The van der Waals surface area contributed by atoms with Crippen LogP contribution in [0.3, 0.4) is 0 Å². The molecule has 6 heteroatoms. The molecule has 1 amide bonds. The first kappa shape index (κ1) is 18.0. The molecule has 1 saturated carbocycles. The monoisotopic (exact) mass is 371 g/mol. The topological polar surface area (TPSA) is 54.0 Å².